The minimum absolute atomic E-state index is 0.336. The lowest BCUT2D eigenvalue weighted by molar-refractivity contribution is -0.117. The molecule has 0 saturated carbocycles. The molecule has 0 rings (SSSR count). The highest BCUT2D eigenvalue weighted by molar-refractivity contribution is 5.90. The molecule has 56 valence electrons. The van der Waals surface area contributed by atoms with Crippen LogP contribution in [0, 0.1) is 0 Å². The third kappa shape index (κ3) is 1.85. The van der Waals surface area contributed by atoms with Crippen LogP contribution < -0.4 is 0 Å². The van der Waals surface area contributed by atoms with Crippen LogP contribution in [0.15, 0.2) is 0 Å². The van der Waals surface area contributed by atoms with Gasteiger partial charge in [-0.2, -0.15) is 0 Å². The van der Waals surface area contributed by atoms with E-state index in [1.165, 1.54) is 14.1 Å². The maximum absolute atomic E-state index is 10.7. The van der Waals surface area contributed by atoms with Crippen LogP contribution in [0.4, 0.5) is 4.79 Å². The Morgan fingerprint density at radius 2 is 1.40 bits per heavy atom. The van der Waals surface area contributed by atoms with Gasteiger partial charge in [0.2, 0.25) is 12.8 Å². The van der Waals surface area contributed by atoms with Crippen molar-refractivity contribution in [1.82, 2.24) is 9.80 Å². The predicted octanol–water partition coefficient (Wildman–Crippen LogP) is -0.717. The lowest BCUT2D eigenvalue weighted by Gasteiger charge is -2.13. The Balaban J connectivity index is 4.06. The fraction of sp³-hybridized carbons (Fsp3) is 0.400. The zero-order valence-electron chi connectivity index (χ0n) is 5.77. The molecule has 0 aromatic heterocycles. The number of hydrogen-bond donors (Lipinski definition) is 0. The number of imide groups is 2. The molecule has 0 bridgehead atoms. The molecule has 0 heterocycles. The third-order valence-corrected chi connectivity index (χ3v) is 0.920. The van der Waals surface area contributed by atoms with Gasteiger partial charge < -0.3 is 0 Å². The van der Waals surface area contributed by atoms with E-state index >= 15 is 0 Å². The molecule has 0 aromatic carbocycles. The van der Waals surface area contributed by atoms with Gasteiger partial charge in [-0.1, -0.05) is 0 Å². The lowest BCUT2D eigenvalue weighted by Crippen LogP contribution is -2.36. The van der Waals surface area contributed by atoms with Crippen molar-refractivity contribution in [1.29, 1.82) is 0 Å². The van der Waals surface area contributed by atoms with Crippen molar-refractivity contribution in [2.45, 2.75) is 0 Å². The van der Waals surface area contributed by atoms with E-state index in [9.17, 15) is 14.4 Å². The molecule has 0 aliphatic heterocycles. The average molecular weight is 144 g/mol. The number of rotatable bonds is 2. The molecule has 5 nitrogen and oxygen atoms in total. The molecule has 0 aliphatic carbocycles. The van der Waals surface area contributed by atoms with Crippen LogP contribution in [-0.4, -0.2) is 42.7 Å². The normalized spacial score (nSPS) is 8.20. The van der Waals surface area contributed by atoms with Crippen molar-refractivity contribution in [3.8, 4) is 0 Å². The summed E-state index contributed by atoms with van der Waals surface area (Å²) in [5.74, 6) is 0. The number of amides is 4. The second kappa shape index (κ2) is 3.60. The molecule has 0 radical (unpaired) electrons. The van der Waals surface area contributed by atoms with E-state index in [4.69, 9.17) is 0 Å². The molecule has 0 fully saturated rings. The van der Waals surface area contributed by atoms with Gasteiger partial charge in [0.1, 0.15) is 0 Å². The summed E-state index contributed by atoms with van der Waals surface area (Å²) in [6, 6.07) is -0.648. The molecule has 5 heteroatoms. The second-order valence-electron chi connectivity index (χ2n) is 1.72. The SMILES string of the molecule is CN(C=O)C(=O)N(C)C=O. The number of nitrogens with zero attached hydrogens (tertiary/aromatic N) is 2. The number of hydrogen-bond acceptors (Lipinski definition) is 3. The smallest absolute Gasteiger partial charge is 0.278 e. The van der Waals surface area contributed by atoms with Gasteiger partial charge in [-0.15, -0.1) is 0 Å². The zero-order chi connectivity index (χ0) is 8.15. The molecule has 0 saturated heterocycles. The molecular weight excluding hydrogens is 136 g/mol. The van der Waals surface area contributed by atoms with Gasteiger partial charge in [-0.3, -0.25) is 19.4 Å². The van der Waals surface area contributed by atoms with Crippen LogP contribution in [0.25, 0.3) is 0 Å². The van der Waals surface area contributed by atoms with E-state index in [2.05, 4.69) is 0 Å². The summed E-state index contributed by atoms with van der Waals surface area (Å²) >= 11 is 0. The van der Waals surface area contributed by atoms with Crippen LogP contribution in [0.2, 0.25) is 0 Å². The molecule has 0 aliphatic rings. The number of carbonyl (C=O) groups is 3. The molecule has 0 aromatic rings. The average Bonchev–Trinajstić information content (AvgIpc) is 2.00. The first-order valence-corrected chi connectivity index (χ1v) is 2.53. The quantitative estimate of drug-likeness (QED) is 0.481. The second-order valence-corrected chi connectivity index (χ2v) is 1.72. The summed E-state index contributed by atoms with van der Waals surface area (Å²) < 4.78 is 0. The van der Waals surface area contributed by atoms with E-state index in [1.54, 1.807) is 0 Å². The molecule has 0 spiro atoms. The summed E-state index contributed by atoms with van der Waals surface area (Å²) in [5, 5.41) is 0. The fourth-order valence-electron chi connectivity index (χ4n) is 0.339. The zero-order valence-corrected chi connectivity index (χ0v) is 5.77. The van der Waals surface area contributed by atoms with E-state index in [1.807, 2.05) is 0 Å². The Bertz CT molecular complexity index is 141. The van der Waals surface area contributed by atoms with Gasteiger partial charge >= 0.3 is 6.03 Å². The van der Waals surface area contributed by atoms with Gasteiger partial charge in [-0.25, -0.2) is 4.79 Å². The highest BCUT2D eigenvalue weighted by Crippen LogP contribution is 1.85. The molecule has 0 atom stereocenters. The summed E-state index contributed by atoms with van der Waals surface area (Å²) in [4.78, 5) is 32.1. The van der Waals surface area contributed by atoms with E-state index < -0.39 is 6.03 Å². The van der Waals surface area contributed by atoms with Crippen LogP contribution in [-0.2, 0) is 9.59 Å². The first-order valence-electron chi connectivity index (χ1n) is 2.53. The van der Waals surface area contributed by atoms with Gasteiger partial charge in [0.15, 0.2) is 0 Å². The Morgan fingerprint density at radius 1 is 1.10 bits per heavy atom. The van der Waals surface area contributed by atoms with Crippen molar-refractivity contribution in [2.24, 2.45) is 0 Å². The summed E-state index contributed by atoms with van der Waals surface area (Å²) in [6.07, 6.45) is 0.671. The van der Waals surface area contributed by atoms with Gasteiger partial charge in [-0.05, 0) is 0 Å². The molecule has 0 N–H and O–H groups in total. The van der Waals surface area contributed by atoms with Crippen molar-refractivity contribution < 1.29 is 14.4 Å². The van der Waals surface area contributed by atoms with E-state index in [0.29, 0.717) is 12.8 Å². The van der Waals surface area contributed by atoms with Gasteiger partial charge in [0.05, 0.1) is 0 Å². The molecule has 0 unspecified atom stereocenters. The predicted molar refractivity (Wildman–Crippen MR) is 33.0 cm³/mol. The van der Waals surface area contributed by atoms with Crippen molar-refractivity contribution in [3.63, 3.8) is 0 Å². The first-order chi connectivity index (χ1) is 4.63. The number of carbonyl (C=O) groups excluding carboxylic acids is 3. The maximum Gasteiger partial charge on any atom is 0.332 e. The highest BCUT2D eigenvalue weighted by atomic mass is 16.2. The Labute approximate surface area is 58.2 Å². The Hall–Kier alpha value is -1.39. The van der Waals surface area contributed by atoms with Crippen LogP contribution in [0.5, 0.6) is 0 Å². The third-order valence-electron chi connectivity index (χ3n) is 0.920. The fourth-order valence-corrected chi connectivity index (χ4v) is 0.339. The van der Waals surface area contributed by atoms with Gasteiger partial charge in [0, 0.05) is 14.1 Å². The minimum atomic E-state index is -0.648. The van der Waals surface area contributed by atoms with Crippen LogP contribution in [0.3, 0.4) is 0 Å². The summed E-state index contributed by atoms with van der Waals surface area (Å²) in [6.45, 7) is 0. The monoisotopic (exact) mass is 144 g/mol. The largest absolute Gasteiger partial charge is 0.332 e. The Morgan fingerprint density at radius 3 is 1.60 bits per heavy atom. The first kappa shape index (κ1) is 8.61. The lowest BCUT2D eigenvalue weighted by atomic mass is 10.7. The summed E-state index contributed by atoms with van der Waals surface area (Å²) in [7, 11) is 2.55. The number of urea groups is 1. The van der Waals surface area contributed by atoms with E-state index in [-0.39, 0.29) is 0 Å². The molecular formula is C5H8N2O3. The van der Waals surface area contributed by atoms with Gasteiger partial charge in [0.25, 0.3) is 0 Å². The van der Waals surface area contributed by atoms with Crippen molar-refractivity contribution >= 4 is 18.9 Å². The van der Waals surface area contributed by atoms with Crippen molar-refractivity contribution in [3.05, 3.63) is 0 Å². The van der Waals surface area contributed by atoms with Crippen molar-refractivity contribution in [2.75, 3.05) is 14.1 Å². The van der Waals surface area contributed by atoms with Crippen LogP contribution in [0.1, 0.15) is 0 Å². The topological polar surface area (TPSA) is 57.7 Å². The maximum atomic E-state index is 10.7. The molecule has 10 heavy (non-hydrogen) atoms. The van der Waals surface area contributed by atoms with Crippen LogP contribution >= 0.6 is 0 Å². The van der Waals surface area contributed by atoms with E-state index in [0.717, 1.165) is 9.80 Å². The molecule has 4 amide bonds. The minimum Gasteiger partial charge on any atom is -0.278 e. The standard InChI is InChI=1S/C5H8N2O3/c1-6(3-8)5(10)7(2)4-9/h3-4H,1-2H3. The Kier molecular flexibility index (Phi) is 3.10. The summed E-state index contributed by atoms with van der Waals surface area (Å²) in [5.41, 5.74) is 0. The highest BCUT2D eigenvalue weighted by Gasteiger charge is 2.10.